The van der Waals surface area contributed by atoms with Crippen molar-refractivity contribution in [1.29, 1.82) is 0 Å². The van der Waals surface area contributed by atoms with E-state index in [1.54, 1.807) is 39.5 Å². The van der Waals surface area contributed by atoms with Gasteiger partial charge in [0.2, 0.25) is 11.8 Å². The molecular formula is C54H61F2N11O5. The number of hydrogen-bond donors (Lipinski definition) is 2. The first kappa shape index (κ1) is 47.6. The number of amides is 3. The molecule has 0 spiro atoms. The summed E-state index contributed by atoms with van der Waals surface area (Å²) in [5, 5.41) is 6.25. The van der Waals surface area contributed by atoms with Gasteiger partial charge in [-0.2, -0.15) is 0 Å². The minimum atomic E-state index is -0.728. The average Bonchev–Trinajstić information content (AvgIpc) is 4.10. The van der Waals surface area contributed by atoms with E-state index in [2.05, 4.69) is 43.3 Å². The van der Waals surface area contributed by atoms with Crippen LogP contribution in [-0.2, 0) is 29.7 Å². The molecule has 2 N–H and O–H groups in total. The van der Waals surface area contributed by atoms with Gasteiger partial charge in [-0.1, -0.05) is 12.1 Å². The van der Waals surface area contributed by atoms with E-state index < -0.39 is 23.6 Å². The molecule has 4 aromatic heterocycles. The van der Waals surface area contributed by atoms with Gasteiger partial charge in [0.05, 0.1) is 16.7 Å². The second-order valence-electron chi connectivity index (χ2n) is 20.5. The molecule has 376 valence electrons. The number of imidazole rings is 1. The minimum absolute atomic E-state index is 0.0285. The molecular weight excluding hydrogens is 921 g/mol. The van der Waals surface area contributed by atoms with Crippen LogP contribution in [0.2, 0.25) is 0 Å². The number of nitrogens with zero attached hydrogens (tertiary/aromatic N) is 9. The maximum absolute atomic E-state index is 15.9. The number of halogens is 2. The van der Waals surface area contributed by atoms with Crippen LogP contribution in [0.1, 0.15) is 91.1 Å². The molecule has 16 nitrogen and oxygen atoms in total. The number of likely N-dealkylation sites (tertiary alicyclic amines) is 1. The number of piperazine rings is 1. The molecule has 18 heteroatoms. The minimum Gasteiger partial charge on any atom is -0.388 e. The lowest BCUT2D eigenvalue weighted by Gasteiger charge is -2.42. The van der Waals surface area contributed by atoms with Crippen LogP contribution in [0, 0.1) is 17.6 Å². The Morgan fingerprint density at radius 3 is 2.32 bits per heavy atom. The number of pyridine rings is 2. The van der Waals surface area contributed by atoms with Crippen LogP contribution < -0.4 is 21.9 Å². The van der Waals surface area contributed by atoms with Gasteiger partial charge in [0.1, 0.15) is 23.3 Å². The molecule has 2 atom stereocenters. The Morgan fingerprint density at radius 1 is 0.833 bits per heavy atom. The van der Waals surface area contributed by atoms with E-state index >= 15 is 8.78 Å². The third kappa shape index (κ3) is 9.08. The van der Waals surface area contributed by atoms with E-state index in [0.717, 1.165) is 103 Å². The third-order valence-corrected chi connectivity index (χ3v) is 15.8. The van der Waals surface area contributed by atoms with Gasteiger partial charge in [-0.25, -0.2) is 18.6 Å². The van der Waals surface area contributed by atoms with Gasteiger partial charge in [-0.3, -0.25) is 52.9 Å². The van der Waals surface area contributed by atoms with E-state index in [-0.39, 0.29) is 46.7 Å². The molecule has 72 heavy (non-hydrogen) atoms. The van der Waals surface area contributed by atoms with Crippen molar-refractivity contribution in [2.75, 3.05) is 64.7 Å². The Hall–Kier alpha value is -6.76. The van der Waals surface area contributed by atoms with E-state index in [9.17, 15) is 24.0 Å². The molecule has 8 heterocycles. The second-order valence-corrected chi connectivity index (χ2v) is 20.5. The Kier molecular flexibility index (Phi) is 12.8. The van der Waals surface area contributed by atoms with Crippen molar-refractivity contribution in [2.45, 2.75) is 83.1 Å². The van der Waals surface area contributed by atoms with Gasteiger partial charge in [0.25, 0.3) is 11.5 Å². The van der Waals surface area contributed by atoms with Crippen molar-refractivity contribution in [3.8, 4) is 5.69 Å². The fourth-order valence-electron chi connectivity index (χ4n) is 11.6. The monoisotopic (exact) mass is 981 g/mol. The highest BCUT2D eigenvalue weighted by atomic mass is 19.1. The number of nitrogens with one attached hydrogen (secondary N) is 2. The predicted molar refractivity (Wildman–Crippen MR) is 271 cm³/mol. The summed E-state index contributed by atoms with van der Waals surface area (Å²) in [6, 6.07) is 15.5. The zero-order valence-electron chi connectivity index (χ0n) is 41.1. The van der Waals surface area contributed by atoms with E-state index in [1.807, 2.05) is 52.6 Å². The average molecular weight is 982 g/mol. The fourth-order valence-corrected chi connectivity index (χ4v) is 11.6. The number of benzene rings is 2. The van der Waals surface area contributed by atoms with Crippen molar-refractivity contribution in [3.05, 3.63) is 128 Å². The molecule has 0 unspecified atom stereocenters. The fraction of sp³-hybridized carbons (Fsp3) is 0.444. The number of piperidine rings is 2. The number of aromatic nitrogens is 5. The molecule has 11 rings (SSSR count). The number of fused-ring (bicyclic) bond motifs is 2. The number of carbonyl (C=O) groups excluding carboxylic acids is 3. The molecule has 6 aromatic rings. The van der Waals surface area contributed by atoms with Crippen molar-refractivity contribution in [3.63, 3.8) is 0 Å². The first-order valence-electron chi connectivity index (χ1n) is 25.4. The lowest BCUT2D eigenvalue weighted by atomic mass is 9.94. The van der Waals surface area contributed by atoms with Gasteiger partial charge in [-0.05, 0) is 105 Å². The number of carbonyl (C=O) groups is 3. The van der Waals surface area contributed by atoms with Crippen LogP contribution in [0.3, 0.4) is 0 Å². The number of aryl methyl sites for hydroxylation is 1. The quantitative estimate of drug-likeness (QED) is 0.144. The maximum Gasteiger partial charge on any atom is 0.330 e. The molecule has 2 aromatic carbocycles. The van der Waals surface area contributed by atoms with Crippen molar-refractivity contribution < 1.29 is 23.2 Å². The number of anilines is 1. The van der Waals surface area contributed by atoms with Crippen molar-refractivity contribution in [2.24, 2.45) is 13.0 Å². The van der Waals surface area contributed by atoms with E-state index in [4.69, 9.17) is 0 Å². The highest BCUT2D eigenvalue weighted by molar-refractivity contribution is 6.00. The smallest absolute Gasteiger partial charge is 0.330 e. The molecule has 1 aliphatic carbocycles. The third-order valence-electron chi connectivity index (χ3n) is 15.8. The number of rotatable bonds is 12. The number of hydrogen-bond acceptors (Lipinski definition) is 10. The summed E-state index contributed by atoms with van der Waals surface area (Å²) >= 11 is 0. The van der Waals surface area contributed by atoms with Crippen molar-refractivity contribution >= 4 is 51.0 Å². The van der Waals surface area contributed by atoms with Crippen LogP contribution in [0.4, 0.5) is 14.5 Å². The normalized spacial score (nSPS) is 20.9. The first-order chi connectivity index (χ1) is 34.8. The molecule has 1 saturated carbocycles. The zero-order chi connectivity index (χ0) is 49.9. The van der Waals surface area contributed by atoms with Crippen LogP contribution in [0.5, 0.6) is 0 Å². The molecule has 3 saturated heterocycles. The summed E-state index contributed by atoms with van der Waals surface area (Å²) in [6.07, 6.45) is 9.76. The Balaban J connectivity index is 0.672. The molecule has 4 aliphatic heterocycles. The lowest BCUT2D eigenvalue weighted by molar-refractivity contribution is -0.135. The first-order valence-corrected chi connectivity index (χ1v) is 25.4. The standard InChI is InChI=1S/C54H61F2N11O5/c1-33-29-62(30-35-4-7-45-47(24-35)66(39-5-6-39)54(72)67(45)46-8-9-48(68)59-52(46)70)22-23-64(33)31-34-11-19-63(20-12-34)53(71)37-25-42(55)50(43(56)26-37)36-13-17-61(18-14-36)32-40-28-41-44(10-16-58-51(41)60(40)3)65-21-15-38(57-2)27-49(65)69/h4,7,10,13,15-16,21,24-28,33-34,39,46,57H,5-6,8-9,11-12,14,17-20,22-23,29-32H2,1-3H3,(H,59,68,70)/t33-,46+/m0/s1. The lowest BCUT2D eigenvalue weighted by Crippen LogP contribution is -2.53. The summed E-state index contributed by atoms with van der Waals surface area (Å²) in [7, 11) is 3.72. The van der Waals surface area contributed by atoms with E-state index in [1.165, 1.54) is 12.1 Å². The van der Waals surface area contributed by atoms with Gasteiger partial charge in [-0.15, -0.1) is 0 Å². The van der Waals surface area contributed by atoms with Crippen LogP contribution in [-0.4, -0.2) is 126 Å². The topological polar surface area (TPSA) is 155 Å². The largest absolute Gasteiger partial charge is 0.388 e. The van der Waals surface area contributed by atoms with Crippen LogP contribution in [0.15, 0.2) is 82.7 Å². The summed E-state index contributed by atoms with van der Waals surface area (Å²) in [4.78, 5) is 78.6. The molecule has 3 amide bonds. The van der Waals surface area contributed by atoms with Gasteiger partial charge in [0.15, 0.2) is 0 Å². The zero-order valence-corrected chi connectivity index (χ0v) is 41.1. The van der Waals surface area contributed by atoms with Gasteiger partial charge in [0, 0.05) is 144 Å². The Bertz CT molecular complexity index is 3260. The van der Waals surface area contributed by atoms with Gasteiger partial charge < -0.3 is 14.8 Å². The van der Waals surface area contributed by atoms with E-state index in [0.29, 0.717) is 63.1 Å². The Morgan fingerprint density at radius 2 is 1.62 bits per heavy atom. The SMILES string of the molecule is CNc1ccn(-c2ccnc3c2cc(CN2CC=C(c4c(F)cc(C(=O)N5CCC(CN6CCN(Cc7ccc8c(c7)n(C7CC7)c(=O)n8[C@@H]7CCC(=O)NC7=O)C[C@@H]6C)CC5)cc4F)CC2)n3C)c(=O)c1. The van der Waals surface area contributed by atoms with Crippen LogP contribution >= 0.6 is 0 Å². The number of imide groups is 1. The Labute approximate surface area is 415 Å². The van der Waals surface area contributed by atoms with Crippen LogP contribution in [0.25, 0.3) is 33.3 Å². The predicted octanol–water partition coefficient (Wildman–Crippen LogP) is 5.82. The summed E-state index contributed by atoms with van der Waals surface area (Å²) < 4.78 is 38.8. The highest BCUT2D eigenvalue weighted by Gasteiger charge is 2.36. The highest BCUT2D eigenvalue weighted by Crippen LogP contribution is 2.38. The second kappa shape index (κ2) is 19.3. The van der Waals surface area contributed by atoms with Gasteiger partial charge >= 0.3 is 5.69 Å². The molecule has 5 aliphatic rings. The van der Waals surface area contributed by atoms with Crippen molar-refractivity contribution in [1.82, 2.24) is 48.2 Å². The molecule has 4 fully saturated rings. The summed E-state index contributed by atoms with van der Waals surface area (Å²) in [5.41, 5.74) is 6.09. The maximum atomic E-state index is 15.9. The summed E-state index contributed by atoms with van der Waals surface area (Å²) in [6.45, 7) is 9.28. The molecule has 0 bridgehead atoms. The molecule has 0 radical (unpaired) electrons. The summed E-state index contributed by atoms with van der Waals surface area (Å²) in [5.74, 6) is -2.14.